The van der Waals surface area contributed by atoms with Gasteiger partial charge in [-0.1, -0.05) is 12.1 Å². The highest BCUT2D eigenvalue weighted by Crippen LogP contribution is 2.22. The molecule has 10 heteroatoms. The van der Waals surface area contributed by atoms with E-state index in [0.717, 1.165) is 23.3 Å². The van der Waals surface area contributed by atoms with Gasteiger partial charge >= 0.3 is 0 Å². The fourth-order valence-corrected chi connectivity index (χ4v) is 3.74. The summed E-state index contributed by atoms with van der Waals surface area (Å²) in [5.41, 5.74) is 5.28. The van der Waals surface area contributed by atoms with Crippen molar-refractivity contribution in [2.75, 3.05) is 5.32 Å². The molecule has 0 spiro atoms. The number of anilines is 1. The fourth-order valence-electron chi connectivity index (χ4n) is 3.21. The number of carbonyl (C=O) groups is 1. The molecule has 30 heavy (non-hydrogen) atoms. The Hall–Kier alpha value is -3.79. The molecular weight excluding hydrogens is 402 g/mol. The highest BCUT2D eigenvalue weighted by Gasteiger charge is 2.20. The number of aromatic nitrogens is 5. The second kappa shape index (κ2) is 7.56. The minimum absolute atomic E-state index is 0.0907. The lowest BCUT2D eigenvalue weighted by Crippen LogP contribution is -2.29. The van der Waals surface area contributed by atoms with Gasteiger partial charge in [0.1, 0.15) is 17.0 Å². The van der Waals surface area contributed by atoms with E-state index in [4.69, 9.17) is 4.52 Å². The summed E-state index contributed by atoms with van der Waals surface area (Å²) in [6.45, 7) is 1.96. The Bertz CT molecular complexity index is 1270. The summed E-state index contributed by atoms with van der Waals surface area (Å²) < 4.78 is 7.01. The predicted octanol–water partition coefficient (Wildman–Crippen LogP) is 3.29. The Morgan fingerprint density at radius 1 is 1.33 bits per heavy atom. The Morgan fingerprint density at radius 3 is 3.13 bits per heavy atom. The van der Waals surface area contributed by atoms with E-state index in [1.807, 2.05) is 42.8 Å². The summed E-state index contributed by atoms with van der Waals surface area (Å²) in [6.07, 6.45) is 8.14. The van der Waals surface area contributed by atoms with Crippen LogP contribution >= 0.6 is 11.3 Å². The van der Waals surface area contributed by atoms with Gasteiger partial charge in [0.15, 0.2) is 0 Å². The van der Waals surface area contributed by atoms with Crippen molar-refractivity contribution in [3.05, 3.63) is 70.6 Å². The van der Waals surface area contributed by atoms with Crippen molar-refractivity contribution in [1.29, 1.82) is 0 Å². The monoisotopic (exact) mass is 419 g/mol. The maximum Gasteiger partial charge on any atom is 0.278 e. The molecule has 0 fully saturated rings. The van der Waals surface area contributed by atoms with Gasteiger partial charge < -0.3 is 15.2 Å². The summed E-state index contributed by atoms with van der Waals surface area (Å²) in [5.74, 6) is 0.518. The van der Waals surface area contributed by atoms with Crippen LogP contribution in [0.1, 0.15) is 23.8 Å². The molecule has 1 atom stereocenters. The normalized spacial score (nSPS) is 16.2. The van der Waals surface area contributed by atoms with Crippen molar-refractivity contribution < 1.29 is 9.32 Å². The van der Waals surface area contributed by atoms with Crippen LogP contribution < -0.4 is 10.6 Å². The molecule has 0 bridgehead atoms. The number of amides is 1. The van der Waals surface area contributed by atoms with Crippen molar-refractivity contribution in [1.82, 2.24) is 29.8 Å². The minimum Gasteiger partial charge on any atom is -0.345 e. The Balaban J connectivity index is 1.32. The van der Waals surface area contributed by atoms with E-state index in [0.29, 0.717) is 23.2 Å². The number of hydrogen-bond donors (Lipinski definition) is 2. The Kier molecular flexibility index (Phi) is 4.60. The van der Waals surface area contributed by atoms with E-state index < -0.39 is 0 Å². The largest absolute Gasteiger partial charge is 0.345 e. The Labute approximate surface area is 175 Å². The summed E-state index contributed by atoms with van der Waals surface area (Å²) >= 11 is 1.46. The maximum atomic E-state index is 12.8. The van der Waals surface area contributed by atoms with Gasteiger partial charge in [0.25, 0.3) is 17.7 Å². The molecule has 4 aromatic heterocycles. The lowest BCUT2D eigenvalue weighted by Gasteiger charge is -2.21. The number of imidazole rings is 1. The molecule has 0 aliphatic heterocycles. The molecule has 2 N–H and O–H groups in total. The van der Waals surface area contributed by atoms with Gasteiger partial charge in [-0.05, 0) is 42.3 Å². The summed E-state index contributed by atoms with van der Waals surface area (Å²) in [5, 5.41) is 12.0. The zero-order valence-electron chi connectivity index (χ0n) is 15.9. The molecule has 4 aromatic rings. The van der Waals surface area contributed by atoms with E-state index in [1.54, 1.807) is 16.1 Å². The second-order valence-electron chi connectivity index (χ2n) is 6.78. The second-order valence-corrected chi connectivity index (χ2v) is 7.50. The number of hydrogen-bond acceptors (Lipinski definition) is 8. The molecule has 0 aromatic carbocycles. The fraction of sp³-hybridized carbons (Fsp3) is 0.150. The van der Waals surface area contributed by atoms with Crippen LogP contribution in [0.2, 0.25) is 0 Å². The number of carbonyl (C=O) groups excluding carboxylic acids is 1. The van der Waals surface area contributed by atoms with E-state index in [1.165, 1.54) is 11.3 Å². The van der Waals surface area contributed by atoms with Crippen LogP contribution in [0.25, 0.3) is 17.2 Å². The molecule has 9 nitrogen and oxygen atoms in total. The number of thiazole rings is 1. The summed E-state index contributed by atoms with van der Waals surface area (Å²) in [4.78, 5) is 25.6. The quantitative estimate of drug-likeness (QED) is 0.511. The predicted molar refractivity (Wildman–Crippen MR) is 112 cm³/mol. The molecule has 1 unspecified atom stereocenters. The molecule has 1 amide bonds. The van der Waals surface area contributed by atoms with Gasteiger partial charge in [0, 0.05) is 17.3 Å². The number of nitrogens with zero attached hydrogens (tertiary/aromatic N) is 5. The first-order chi connectivity index (χ1) is 14.7. The van der Waals surface area contributed by atoms with Gasteiger partial charge in [0.2, 0.25) is 0 Å². The highest BCUT2D eigenvalue weighted by atomic mass is 32.1. The number of allylic oxidation sites excluding steroid dienone is 1. The Morgan fingerprint density at radius 2 is 2.27 bits per heavy atom. The summed E-state index contributed by atoms with van der Waals surface area (Å²) in [7, 11) is 0. The summed E-state index contributed by atoms with van der Waals surface area (Å²) in [6, 6.07) is 5.51. The van der Waals surface area contributed by atoms with Crippen LogP contribution in [0.5, 0.6) is 0 Å². The first-order valence-corrected chi connectivity index (χ1v) is 10.2. The SMILES string of the molecule is CC1=CCC(Nc2noc(-c3cscn3)n2)C=C1NC(=O)c1cnc2ccccn12. The minimum atomic E-state index is -0.223. The zero-order chi connectivity index (χ0) is 20.5. The molecule has 0 radical (unpaired) electrons. The standard InChI is InChI=1S/C20H17N7O2S/c1-12-5-6-13(23-20-25-19(29-26-20)15-10-30-11-22-15)8-14(12)24-18(28)16-9-21-17-4-2-3-7-27(16)17/h2-5,7-11,13H,6H2,1H3,(H,23,26)(H,24,28). The van der Waals surface area contributed by atoms with E-state index in [9.17, 15) is 4.79 Å². The molecule has 4 heterocycles. The average Bonchev–Trinajstić information content (AvgIpc) is 3.50. The van der Waals surface area contributed by atoms with Gasteiger partial charge in [-0.25, -0.2) is 9.97 Å². The average molecular weight is 419 g/mol. The third-order valence-corrected chi connectivity index (χ3v) is 5.35. The first-order valence-electron chi connectivity index (χ1n) is 9.28. The van der Waals surface area contributed by atoms with Crippen LogP contribution in [0, 0.1) is 0 Å². The van der Waals surface area contributed by atoms with Gasteiger partial charge in [0.05, 0.1) is 17.7 Å². The number of fused-ring (bicyclic) bond motifs is 1. The van der Waals surface area contributed by atoms with Crippen LogP contribution in [0.15, 0.2) is 69.4 Å². The van der Waals surface area contributed by atoms with Crippen LogP contribution in [-0.2, 0) is 0 Å². The van der Waals surface area contributed by atoms with Gasteiger partial charge in [-0.2, -0.15) is 4.98 Å². The first kappa shape index (κ1) is 18.3. The van der Waals surface area contributed by atoms with Crippen molar-refractivity contribution in [3.8, 4) is 11.6 Å². The smallest absolute Gasteiger partial charge is 0.278 e. The van der Waals surface area contributed by atoms with Crippen molar-refractivity contribution in [2.45, 2.75) is 19.4 Å². The van der Waals surface area contributed by atoms with Crippen molar-refractivity contribution in [3.63, 3.8) is 0 Å². The van der Waals surface area contributed by atoms with E-state index >= 15 is 0 Å². The molecule has 0 saturated heterocycles. The third-order valence-electron chi connectivity index (χ3n) is 4.76. The number of rotatable bonds is 5. The number of pyridine rings is 1. The highest BCUT2D eigenvalue weighted by molar-refractivity contribution is 7.07. The van der Waals surface area contributed by atoms with Crippen molar-refractivity contribution in [2.24, 2.45) is 0 Å². The van der Waals surface area contributed by atoms with E-state index in [2.05, 4.69) is 36.8 Å². The maximum absolute atomic E-state index is 12.8. The van der Waals surface area contributed by atoms with Gasteiger partial charge in [-0.15, -0.1) is 11.3 Å². The molecule has 1 aliphatic carbocycles. The van der Waals surface area contributed by atoms with Crippen LogP contribution in [0.3, 0.4) is 0 Å². The van der Waals surface area contributed by atoms with Crippen molar-refractivity contribution >= 4 is 28.8 Å². The zero-order valence-corrected chi connectivity index (χ0v) is 16.8. The van der Waals surface area contributed by atoms with Crippen LogP contribution in [-0.4, -0.2) is 36.5 Å². The lowest BCUT2D eigenvalue weighted by atomic mass is 10.0. The lowest BCUT2D eigenvalue weighted by molar-refractivity contribution is 0.0960. The number of nitrogens with one attached hydrogen (secondary N) is 2. The molecule has 0 saturated carbocycles. The molecule has 150 valence electrons. The topological polar surface area (TPSA) is 110 Å². The third kappa shape index (κ3) is 3.48. The molecule has 1 aliphatic rings. The van der Waals surface area contributed by atoms with E-state index in [-0.39, 0.29) is 11.9 Å². The molecular formula is C20H17N7O2S. The van der Waals surface area contributed by atoms with Gasteiger partial charge in [-0.3, -0.25) is 9.20 Å². The van der Waals surface area contributed by atoms with Crippen LogP contribution in [0.4, 0.5) is 5.95 Å². The molecule has 5 rings (SSSR count).